The highest BCUT2D eigenvalue weighted by atomic mass is 19.4. The Balaban J connectivity index is 3.17. The molecule has 1 heterocycles. The molecule has 0 fully saturated rings. The second kappa shape index (κ2) is 5.10. The number of nitrogens with zero attached hydrogens (tertiary/aromatic N) is 1. The summed E-state index contributed by atoms with van der Waals surface area (Å²) in [6, 6.07) is 0. The molecule has 0 aromatic carbocycles. The van der Waals surface area contributed by atoms with Crippen LogP contribution < -0.4 is 0 Å². The zero-order valence-electron chi connectivity index (χ0n) is 9.35. The SMILES string of the molecule is CCOC(=O)c1oc(CC(F)(F)F)nc1C(F)(F)F. The van der Waals surface area contributed by atoms with Gasteiger partial charge in [0, 0.05) is 0 Å². The van der Waals surface area contributed by atoms with E-state index in [2.05, 4.69) is 14.1 Å². The van der Waals surface area contributed by atoms with Crippen LogP contribution in [0.4, 0.5) is 26.3 Å². The van der Waals surface area contributed by atoms with E-state index in [4.69, 9.17) is 0 Å². The zero-order valence-corrected chi connectivity index (χ0v) is 9.35. The number of aromatic nitrogens is 1. The monoisotopic (exact) mass is 291 g/mol. The zero-order chi connectivity index (χ0) is 14.8. The Kier molecular flexibility index (Phi) is 4.11. The van der Waals surface area contributed by atoms with Gasteiger partial charge in [-0.25, -0.2) is 9.78 Å². The molecule has 10 heteroatoms. The lowest BCUT2D eigenvalue weighted by molar-refractivity contribution is -0.142. The molecule has 0 atom stereocenters. The standard InChI is InChI=1S/C9H7F6NO3/c1-2-18-7(17)5-6(9(13,14)15)16-4(19-5)3-8(10,11)12/h2-3H2,1H3. The van der Waals surface area contributed by atoms with Gasteiger partial charge in [-0.2, -0.15) is 26.3 Å². The first-order valence-corrected chi connectivity index (χ1v) is 4.85. The fourth-order valence-corrected chi connectivity index (χ4v) is 1.14. The molecule has 0 aliphatic rings. The van der Waals surface area contributed by atoms with E-state index < -0.39 is 42.1 Å². The number of rotatable bonds is 3. The maximum atomic E-state index is 12.5. The average molecular weight is 291 g/mol. The predicted molar refractivity (Wildman–Crippen MR) is 47.2 cm³/mol. The summed E-state index contributed by atoms with van der Waals surface area (Å²) in [5.41, 5.74) is -1.83. The van der Waals surface area contributed by atoms with Crippen LogP contribution in [0.25, 0.3) is 0 Å². The van der Waals surface area contributed by atoms with Crippen molar-refractivity contribution in [2.45, 2.75) is 25.7 Å². The Morgan fingerprint density at radius 1 is 1.26 bits per heavy atom. The number of esters is 1. The van der Waals surface area contributed by atoms with Gasteiger partial charge in [0.05, 0.1) is 6.61 Å². The molecule has 1 aromatic rings. The quantitative estimate of drug-likeness (QED) is 0.634. The van der Waals surface area contributed by atoms with Crippen LogP contribution >= 0.6 is 0 Å². The van der Waals surface area contributed by atoms with Gasteiger partial charge in [-0.05, 0) is 6.92 Å². The van der Waals surface area contributed by atoms with Gasteiger partial charge in [0.25, 0.3) is 0 Å². The van der Waals surface area contributed by atoms with Crippen molar-refractivity contribution in [1.82, 2.24) is 4.98 Å². The molecule has 4 nitrogen and oxygen atoms in total. The van der Waals surface area contributed by atoms with E-state index in [9.17, 15) is 31.1 Å². The first-order valence-electron chi connectivity index (χ1n) is 4.85. The Bertz CT molecular complexity index is 462. The summed E-state index contributed by atoms with van der Waals surface area (Å²) in [6.07, 6.45) is -11.7. The normalized spacial score (nSPS) is 12.6. The van der Waals surface area contributed by atoms with Gasteiger partial charge in [-0.1, -0.05) is 0 Å². The summed E-state index contributed by atoms with van der Waals surface area (Å²) in [5.74, 6) is -4.15. The molecular formula is C9H7F6NO3. The van der Waals surface area contributed by atoms with E-state index in [1.807, 2.05) is 0 Å². The molecule has 0 amide bonds. The lowest BCUT2D eigenvalue weighted by Gasteiger charge is -2.03. The molecule has 0 N–H and O–H groups in total. The van der Waals surface area contributed by atoms with Crippen molar-refractivity contribution < 1.29 is 40.3 Å². The first-order chi connectivity index (χ1) is 8.54. The number of halogens is 6. The number of oxazole rings is 1. The van der Waals surface area contributed by atoms with Crippen molar-refractivity contribution in [3.8, 4) is 0 Å². The molecule has 1 aromatic heterocycles. The molecule has 0 aliphatic carbocycles. The fraction of sp³-hybridized carbons (Fsp3) is 0.556. The summed E-state index contributed by atoms with van der Waals surface area (Å²) < 4.78 is 82.0. The molecule has 0 bridgehead atoms. The summed E-state index contributed by atoms with van der Waals surface area (Å²) in [5, 5.41) is 0. The third-order valence-corrected chi connectivity index (χ3v) is 1.75. The number of hydrogen-bond acceptors (Lipinski definition) is 4. The Hall–Kier alpha value is -1.74. The van der Waals surface area contributed by atoms with Crippen molar-refractivity contribution >= 4 is 5.97 Å². The van der Waals surface area contributed by atoms with E-state index in [1.54, 1.807) is 0 Å². The highest BCUT2D eigenvalue weighted by molar-refractivity contribution is 5.87. The Morgan fingerprint density at radius 2 is 1.84 bits per heavy atom. The lowest BCUT2D eigenvalue weighted by atomic mass is 10.3. The van der Waals surface area contributed by atoms with Gasteiger partial charge in [0.1, 0.15) is 6.42 Å². The molecule has 0 saturated carbocycles. The number of alkyl halides is 6. The first kappa shape index (κ1) is 15.3. The summed E-state index contributed by atoms with van der Waals surface area (Å²) in [7, 11) is 0. The van der Waals surface area contributed by atoms with Crippen LogP contribution in [0, 0.1) is 0 Å². The van der Waals surface area contributed by atoms with Gasteiger partial charge < -0.3 is 9.15 Å². The summed E-state index contributed by atoms with van der Waals surface area (Å²) in [6.45, 7) is 1.06. The molecule has 0 aliphatic heterocycles. The smallest absolute Gasteiger partial charge is 0.437 e. The van der Waals surface area contributed by atoms with Crippen LogP contribution in [0.5, 0.6) is 0 Å². The van der Waals surface area contributed by atoms with E-state index in [1.165, 1.54) is 6.92 Å². The van der Waals surface area contributed by atoms with Crippen molar-refractivity contribution in [1.29, 1.82) is 0 Å². The second-order valence-corrected chi connectivity index (χ2v) is 3.30. The third kappa shape index (κ3) is 4.14. The lowest BCUT2D eigenvalue weighted by Crippen LogP contribution is -2.14. The summed E-state index contributed by atoms with van der Waals surface area (Å²) >= 11 is 0. The molecule has 0 saturated heterocycles. The van der Waals surface area contributed by atoms with Crippen LogP contribution in [0.3, 0.4) is 0 Å². The average Bonchev–Trinajstić information content (AvgIpc) is 2.58. The number of hydrogen-bond donors (Lipinski definition) is 0. The van der Waals surface area contributed by atoms with Gasteiger partial charge in [-0.3, -0.25) is 0 Å². The predicted octanol–water partition coefficient (Wildman–Crippen LogP) is 2.97. The Morgan fingerprint density at radius 3 is 2.26 bits per heavy atom. The number of carbonyl (C=O) groups excluding carboxylic acids is 1. The minimum absolute atomic E-state index is 0.258. The molecule has 108 valence electrons. The largest absolute Gasteiger partial charge is 0.460 e. The van der Waals surface area contributed by atoms with Crippen LogP contribution in [0.15, 0.2) is 4.42 Å². The molecule has 0 unspecified atom stereocenters. The van der Waals surface area contributed by atoms with Gasteiger partial charge in [0.15, 0.2) is 5.69 Å². The van der Waals surface area contributed by atoms with E-state index in [-0.39, 0.29) is 6.61 Å². The highest BCUT2D eigenvalue weighted by Gasteiger charge is 2.43. The molecule has 0 radical (unpaired) electrons. The fourth-order valence-electron chi connectivity index (χ4n) is 1.14. The number of ether oxygens (including phenoxy) is 1. The molecule has 19 heavy (non-hydrogen) atoms. The topological polar surface area (TPSA) is 52.3 Å². The highest BCUT2D eigenvalue weighted by Crippen LogP contribution is 2.33. The molecule has 0 spiro atoms. The van der Waals surface area contributed by atoms with E-state index in [0.29, 0.717) is 0 Å². The molecular weight excluding hydrogens is 284 g/mol. The maximum Gasteiger partial charge on any atom is 0.437 e. The van der Waals surface area contributed by atoms with Crippen LogP contribution in [-0.4, -0.2) is 23.7 Å². The van der Waals surface area contributed by atoms with Gasteiger partial charge in [-0.15, -0.1) is 0 Å². The molecule has 1 rings (SSSR count). The summed E-state index contributed by atoms with van der Waals surface area (Å²) in [4.78, 5) is 13.8. The van der Waals surface area contributed by atoms with Gasteiger partial charge in [0.2, 0.25) is 11.7 Å². The third-order valence-electron chi connectivity index (χ3n) is 1.75. The maximum absolute atomic E-state index is 12.5. The van der Waals surface area contributed by atoms with Crippen LogP contribution in [0.2, 0.25) is 0 Å². The van der Waals surface area contributed by atoms with Crippen molar-refractivity contribution in [3.63, 3.8) is 0 Å². The van der Waals surface area contributed by atoms with Crippen LogP contribution in [-0.2, 0) is 17.3 Å². The van der Waals surface area contributed by atoms with Crippen molar-refractivity contribution in [2.24, 2.45) is 0 Å². The van der Waals surface area contributed by atoms with Gasteiger partial charge >= 0.3 is 18.3 Å². The van der Waals surface area contributed by atoms with Crippen molar-refractivity contribution in [2.75, 3.05) is 6.61 Å². The minimum Gasteiger partial charge on any atom is -0.460 e. The Labute approximate surface area is 102 Å². The van der Waals surface area contributed by atoms with E-state index >= 15 is 0 Å². The van der Waals surface area contributed by atoms with E-state index in [0.717, 1.165) is 0 Å². The number of carbonyl (C=O) groups is 1. The van der Waals surface area contributed by atoms with Crippen LogP contribution in [0.1, 0.15) is 29.1 Å². The minimum atomic E-state index is -5.12. The van der Waals surface area contributed by atoms with Crippen molar-refractivity contribution in [3.05, 3.63) is 17.3 Å². The second-order valence-electron chi connectivity index (χ2n) is 3.30.